The van der Waals surface area contributed by atoms with Gasteiger partial charge in [0, 0.05) is 38.3 Å². The maximum atomic E-state index is 15.0. The number of methoxy groups -OCH3 is 1. The number of cyclic esters (lactones) is 1. The minimum absolute atomic E-state index is 0.0657. The Morgan fingerprint density at radius 1 is 1.02 bits per heavy atom. The van der Waals surface area contributed by atoms with Crippen molar-refractivity contribution in [1.82, 2.24) is 9.80 Å². The lowest BCUT2D eigenvalue weighted by Gasteiger charge is -2.45. The van der Waals surface area contributed by atoms with E-state index in [2.05, 4.69) is 24.9 Å². The summed E-state index contributed by atoms with van der Waals surface area (Å²) in [5, 5.41) is 10.3. The van der Waals surface area contributed by atoms with E-state index in [9.17, 15) is 14.7 Å². The summed E-state index contributed by atoms with van der Waals surface area (Å²) in [6.07, 6.45) is 14.2. The third kappa shape index (κ3) is 5.16. The molecule has 1 N–H and O–H groups in total. The number of likely N-dealkylation sites (tertiary alicyclic amines) is 1. The molecule has 0 aromatic rings. The molecule has 6 rings (SSSR count). The molecule has 42 heavy (non-hydrogen) atoms. The van der Waals surface area contributed by atoms with E-state index in [1.807, 2.05) is 12.0 Å². The van der Waals surface area contributed by atoms with Crippen LogP contribution in [0.5, 0.6) is 0 Å². The minimum Gasteiger partial charge on any atom is -0.448 e. The van der Waals surface area contributed by atoms with Crippen LogP contribution in [0.3, 0.4) is 0 Å². The number of hydrogen-bond donors (Lipinski definition) is 1. The van der Waals surface area contributed by atoms with Crippen LogP contribution in [0.1, 0.15) is 90.4 Å². The largest absolute Gasteiger partial charge is 0.448 e. The first kappa shape index (κ1) is 30.8. The average Bonchev–Trinajstić information content (AvgIpc) is 3.63. The number of rotatable bonds is 8. The SMILES string of the molecule is COC1CCC([Si](C)(C)[C@H]2[C@H](CCO)O[C@@]3(C(=O)N(CC4CCCCC4)C4CCC(N5CCOC5=O)CC43)[C@@H]2C)CC1. The predicted octanol–water partition coefficient (Wildman–Crippen LogP) is 5.59. The predicted molar refractivity (Wildman–Crippen MR) is 164 cm³/mol. The van der Waals surface area contributed by atoms with Gasteiger partial charge in [0.25, 0.3) is 5.91 Å². The molecule has 3 aliphatic carbocycles. The fraction of sp³-hybridized carbons (Fsp3) is 0.939. The summed E-state index contributed by atoms with van der Waals surface area (Å²) >= 11 is 0. The summed E-state index contributed by atoms with van der Waals surface area (Å²) in [6, 6.07) is 0.272. The Morgan fingerprint density at radius 2 is 1.76 bits per heavy atom. The normalized spacial score (nSPS) is 41.5. The molecule has 2 amide bonds. The standard InChI is InChI=1S/C33H56N2O6Si/c1-22-30(42(3,4)26-13-11-25(39-2)12-14-26)29(16-18-36)41-33(22)27-20-24(34-17-19-40-32(34)38)10-15-28(27)35(31(33)37)21-23-8-6-5-7-9-23/h22-30,36H,5-21H2,1-4H3/t22-,24?,25?,26?,27?,28?,29+,30-,33+/m1/s1. The van der Waals surface area contributed by atoms with Crippen molar-refractivity contribution in [1.29, 1.82) is 0 Å². The van der Waals surface area contributed by atoms with E-state index >= 15 is 0 Å². The highest BCUT2D eigenvalue weighted by atomic mass is 28.3. The summed E-state index contributed by atoms with van der Waals surface area (Å²) in [6.45, 7) is 9.44. The molecule has 7 atom stereocenters. The fourth-order valence-corrected chi connectivity index (χ4v) is 16.0. The third-order valence-electron chi connectivity index (χ3n) is 13.0. The van der Waals surface area contributed by atoms with Crippen LogP contribution < -0.4 is 0 Å². The number of ether oxygens (including phenoxy) is 3. The molecule has 0 radical (unpaired) electrons. The molecule has 3 aliphatic heterocycles. The summed E-state index contributed by atoms with van der Waals surface area (Å²) in [7, 11) is -0.0846. The van der Waals surface area contributed by atoms with Gasteiger partial charge in [0.1, 0.15) is 6.61 Å². The maximum absolute atomic E-state index is 15.0. The maximum Gasteiger partial charge on any atom is 0.410 e. The highest BCUT2D eigenvalue weighted by Gasteiger charge is 2.71. The molecule has 3 saturated carbocycles. The number of carbonyl (C=O) groups excluding carboxylic acids is 2. The molecular weight excluding hydrogens is 548 g/mol. The van der Waals surface area contributed by atoms with Crippen molar-refractivity contribution in [2.24, 2.45) is 17.8 Å². The molecule has 9 heteroatoms. The first-order chi connectivity index (χ1) is 20.2. The van der Waals surface area contributed by atoms with Crippen LogP contribution in [0.15, 0.2) is 0 Å². The van der Waals surface area contributed by atoms with Gasteiger partial charge in [-0.2, -0.15) is 0 Å². The molecule has 1 spiro atoms. The van der Waals surface area contributed by atoms with Crippen molar-refractivity contribution < 1.29 is 28.9 Å². The monoisotopic (exact) mass is 604 g/mol. The molecule has 8 nitrogen and oxygen atoms in total. The van der Waals surface area contributed by atoms with Crippen LogP contribution in [0.4, 0.5) is 4.79 Å². The Morgan fingerprint density at radius 3 is 2.40 bits per heavy atom. The lowest BCUT2D eigenvalue weighted by atomic mass is 9.70. The van der Waals surface area contributed by atoms with Crippen LogP contribution in [-0.4, -0.2) is 98.3 Å². The quantitative estimate of drug-likeness (QED) is 0.364. The number of aliphatic hydroxyl groups excluding tert-OH is 1. The van der Waals surface area contributed by atoms with E-state index in [-0.39, 0.29) is 48.6 Å². The van der Waals surface area contributed by atoms with Crippen molar-refractivity contribution in [3.05, 3.63) is 0 Å². The second kappa shape index (κ2) is 12.3. The Labute approximate surface area is 254 Å². The van der Waals surface area contributed by atoms with Gasteiger partial charge in [0.2, 0.25) is 0 Å². The summed E-state index contributed by atoms with van der Waals surface area (Å²) in [5.74, 6) is 0.957. The van der Waals surface area contributed by atoms with Gasteiger partial charge in [0.15, 0.2) is 5.60 Å². The number of hydrogen-bond acceptors (Lipinski definition) is 6. The second-order valence-corrected chi connectivity index (χ2v) is 20.3. The van der Waals surface area contributed by atoms with Gasteiger partial charge in [-0.25, -0.2) is 4.79 Å². The molecule has 3 saturated heterocycles. The van der Waals surface area contributed by atoms with Gasteiger partial charge < -0.3 is 29.1 Å². The highest BCUT2D eigenvalue weighted by Crippen LogP contribution is 2.62. The minimum atomic E-state index is -1.92. The summed E-state index contributed by atoms with van der Waals surface area (Å²) in [4.78, 5) is 31.8. The van der Waals surface area contributed by atoms with Gasteiger partial charge >= 0.3 is 6.09 Å². The van der Waals surface area contributed by atoms with Crippen LogP contribution in [0.25, 0.3) is 0 Å². The van der Waals surface area contributed by atoms with E-state index in [1.54, 1.807) is 0 Å². The average molecular weight is 605 g/mol. The number of fused-ring (bicyclic) bond motifs is 2. The Hall–Kier alpha value is -1.16. The lowest BCUT2D eigenvalue weighted by Crippen LogP contribution is -2.53. The molecule has 0 aromatic heterocycles. The molecular formula is C33H56N2O6Si. The van der Waals surface area contributed by atoms with Crippen LogP contribution in [0, 0.1) is 17.8 Å². The van der Waals surface area contributed by atoms with Crippen LogP contribution in [0.2, 0.25) is 24.2 Å². The Kier molecular flexibility index (Phi) is 9.05. The van der Waals surface area contributed by atoms with Crippen molar-refractivity contribution in [2.45, 2.75) is 144 Å². The zero-order valence-corrected chi connectivity index (χ0v) is 27.6. The first-order valence-electron chi connectivity index (χ1n) is 17.3. The second-order valence-electron chi connectivity index (χ2n) is 15.2. The number of aliphatic hydroxyl groups is 1. The molecule has 3 unspecified atom stereocenters. The van der Waals surface area contributed by atoms with E-state index in [4.69, 9.17) is 14.2 Å². The Balaban J connectivity index is 1.33. The van der Waals surface area contributed by atoms with Crippen molar-refractivity contribution in [3.63, 3.8) is 0 Å². The zero-order valence-electron chi connectivity index (χ0n) is 26.6. The molecule has 238 valence electrons. The molecule has 6 fully saturated rings. The van der Waals surface area contributed by atoms with Gasteiger partial charge in [-0.3, -0.25) is 4.79 Å². The van der Waals surface area contributed by atoms with Crippen LogP contribution >= 0.6 is 0 Å². The summed E-state index contributed by atoms with van der Waals surface area (Å²) < 4.78 is 18.3. The lowest BCUT2D eigenvalue weighted by molar-refractivity contribution is -0.156. The zero-order chi connectivity index (χ0) is 29.6. The Bertz CT molecular complexity index is 982. The van der Waals surface area contributed by atoms with Gasteiger partial charge in [0.05, 0.1) is 26.8 Å². The smallest absolute Gasteiger partial charge is 0.410 e. The van der Waals surface area contributed by atoms with Gasteiger partial charge in [-0.15, -0.1) is 0 Å². The van der Waals surface area contributed by atoms with Gasteiger partial charge in [-0.1, -0.05) is 52.1 Å². The number of carbonyl (C=O) groups is 2. The third-order valence-corrected chi connectivity index (χ3v) is 18.3. The van der Waals surface area contributed by atoms with E-state index < -0.39 is 13.7 Å². The van der Waals surface area contributed by atoms with Crippen molar-refractivity contribution in [3.8, 4) is 0 Å². The first-order valence-corrected chi connectivity index (χ1v) is 20.4. The molecule has 6 aliphatic rings. The molecule has 3 heterocycles. The summed E-state index contributed by atoms with van der Waals surface area (Å²) in [5.41, 5.74) is 0.116. The topological polar surface area (TPSA) is 88.5 Å². The van der Waals surface area contributed by atoms with Crippen molar-refractivity contribution >= 4 is 20.1 Å². The van der Waals surface area contributed by atoms with Crippen molar-refractivity contribution in [2.75, 3.05) is 33.4 Å². The van der Waals surface area contributed by atoms with E-state index in [1.165, 1.54) is 44.9 Å². The molecule has 0 aromatic carbocycles. The molecule has 0 bridgehead atoms. The fourth-order valence-electron chi connectivity index (χ4n) is 10.9. The van der Waals surface area contributed by atoms with E-state index in [0.717, 1.165) is 38.6 Å². The van der Waals surface area contributed by atoms with Gasteiger partial charge in [-0.05, 0) is 74.3 Å². The highest BCUT2D eigenvalue weighted by molar-refractivity contribution is 6.80. The number of amides is 2. The number of nitrogens with zero attached hydrogens (tertiary/aromatic N) is 2. The van der Waals surface area contributed by atoms with Crippen LogP contribution in [-0.2, 0) is 19.0 Å². The van der Waals surface area contributed by atoms with E-state index in [0.29, 0.717) is 42.7 Å².